The van der Waals surface area contributed by atoms with Crippen molar-refractivity contribution in [3.8, 4) is 0 Å². The molecule has 3 rings (SSSR count). The van der Waals surface area contributed by atoms with Crippen LogP contribution < -0.4 is 10.6 Å². The number of amides is 2. The molecule has 2 aliphatic heterocycles. The van der Waals surface area contributed by atoms with Gasteiger partial charge in [-0.3, -0.25) is 14.5 Å². The normalized spacial score (nSPS) is 36.4. The molecule has 150 valence electrons. The molecule has 2 heterocycles. The van der Waals surface area contributed by atoms with Crippen LogP contribution in [0.25, 0.3) is 0 Å². The molecule has 5 atom stereocenters. The van der Waals surface area contributed by atoms with Crippen molar-refractivity contribution in [1.29, 1.82) is 0 Å². The number of ether oxygens (including phenoxy) is 1. The van der Waals surface area contributed by atoms with Gasteiger partial charge < -0.3 is 15.4 Å². The first-order chi connectivity index (χ1) is 12.8. The molecule has 0 saturated carbocycles. The molecule has 0 radical (unpaired) electrons. The summed E-state index contributed by atoms with van der Waals surface area (Å²) in [6, 6.07) is 1.41. The molecule has 2 N–H and O–H groups in total. The molecule has 2 amide bonds. The molecule has 0 spiro atoms. The second-order valence-electron chi connectivity index (χ2n) is 7.94. The van der Waals surface area contributed by atoms with Crippen molar-refractivity contribution in [3.05, 3.63) is 24.0 Å². The van der Waals surface area contributed by atoms with Crippen molar-refractivity contribution < 1.29 is 14.3 Å². The number of hydrogen-bond acceptors (Lipinski definition) is 4. The lowest BCUT2D eigenvalue weighted by Crippen LogP contribution is -2.55. The van der Waals surface area contributed by atoms with Crippen LogP contribution in [0.2, 0.25) is 0 Å². The Morgan fingerprint density at radius 1 is 1.33 bits per heavy atom. The van der Waals surface area contributed by atoms with Gasteiger partial charge in [-0.05, 0) is 44.8 Å². The number of halogens is 1. The average Bonchev–Trinajstić information content (AvgIpc) is 2.60. The van der Waals surface area contributed by atoms with Gasteiger partial charge in [0.05, 0.1) is 7.11 Å². The predicted octanol–water partition coefficient (Wildman–Crippen LogP) is 2.30. The number of piperidine rings is 2. The van der Waals surface area contributed by atoms with E-state index in [1.807, 2.05) is 0 Å². The Bertz CT molecular complexity index is 650. The van der Waals surface area contributed by atoms with Crippen molar-refractivity contribution >= 4 is 23.4 Å². The van der Waals surface area contributed by atoms with Crippen LogP contribution >= 0.6 is 11.6 Å². The Balaban J connectivity index is 1.62. The summed E-state index contributed by atoms with van der Waals surface area (Å²) in [7, 11) is 1.51. The van der Waals surface area contributed by atoms with Crippen LogP contribution in [0.3, 0.4) is 0 Å². The number of carbonyl (C=O) groups excluding carboxylic acids is 2. The van der Waals surface area contributed by atoms with Crippen LogP contribution in [-0.2, 0) is 14.3 Å². The zero-order valence-electron chi connectivity index (χ0n) is 16.3. The third-order valence-corrected chi connectivity index (χ3v) is 6.24. The smallest absolute Gasteiger partial charge is 0.234 e. The van der Waals surface area contributed by atoms with Gasteiger partial charge in [0.25, 0.3) is 0 Å². The number of hydrogen-bond donors (Lipinski definition) is 2. The van der Waals surface area contributed by atoms with Crippen LogP contribution in [0.1, 0.15) is 46.0 Å². The number of carbonyl (C=O) groups is 2. The summed E-state index contributed by atoms with van der Waals surface area (Å²) in [6.45, 7) is 4.74. The number of fused-ring (bicyclic) bond motifs is 1. The average molecular weight is 396 g/mol. The SMILES string of the molecule is COC1=CC(Cl)(NC(C)=O)C=CC1C(=O)NC1CCN2C(C)CCCC2C1. The zero-order valence-corrected chi connectivity index (χ0v) is 17.1. The van der Waals surface area contributed by atoms with Gasteiger partial charge in [-0.25, -0.2) is 0 Å². The highest BCUT2D eigenvalue weighted by Gasteiger charge is 2.37. The van der Waals surface area contributed by atoms with Gasteiger partial charge in [0.2, 0.25) is 11.8 Å². The number of nitrogens with zero attached hydrogens (tertiary/aromatic N) is 1. The van der Waals surface area contributed by atoms with Gasteiger partial charge in [-0.1, -0.05) is 24.1 Å². The van der Waals surface area contributed by atoms with Gasteiger partial charge in [0.15, 0.2) is 5.00 Å². The number of nitrogens with one attached hydrogen (secondary N) is 2. The molecule has 6 nitrogen and oxygen atoms in total. The van der Waals surface area contributed by atoms with E-state index in [0.29, 0.717) is 17.8 Å². The van der Waals surface area contributed by atoms with E-state index < -0.39 is 10.9 Å². The lowest BCUT2D eigenvalue weighted by molar-refractivity contribution is -0.124. The van der Waals surface area contributed by atoms with Crippen molar-refractivity contribution in [2.24, 2.45) is 5.92 Å². The second-order valence-corrected chi connectivity index (χ2v) is 8.56. The highest BCUT2D eigenvalue weighted by Crippen LogP contribution is 2.32. The first kappa shape index (κ1) is 20.2. The molecule has 7 heteroatoms. The topological polar surface area (TPSA) is 70.7 Å². The van der Waals surface area contributed by atoms with Crippen LogP contribution in [-0.4, -0.2) is 53.5 Å². The molecule has 0 bridgehead atoms. The van der Waals surface area contributed by atoms with Crippen LogP contribution in [0.15, 0.2) is 24.0 Å². The maximum absolute atomic E-state index is 12.9. The number of alkyl halides is 1. The van der Waals surface area contributed by atoms with Gasteiger partial charge >= 0.3 is 0 Å². The van der Waals surface area contributed by atoms with E-state index in [0.717, 1.165) is 19.4 Å². The van der Waals surface area contributed by atoms with E-state index in [2.05, 4.69) is 22.5 Å². The molecule has 1 aliphatic carbocycles. The Hall–Kier alpha value is -1.53. The highest BCUT2D eigenvalue weighted by atomic mass is 35.5. The monoisotopic (exact) mass is 395 g/mol. The van der Waals surface area contributed by atoms with Gasteiger partial charge in [0, 0.05) is 31.6 Å². The third-order valence-electron chi connectivity index (χ3n) is 5.91. The molecule has 0 aromatic heterocycles. The summed E-state index contributed by atoms with van der Waals surface area (Å²) in [5, 5.41) is 5.85. The quantitative estimate of drug-likeness (QED) is 0.435. The maximum Gasteiger partial charge on any atom is 0.234 e. The molecule has 27 heavy (non-hydrogen) atoms. The number of methoxy groups -OCH3 is 1. The summed E-state index contributed by atoms with van der Waals surface area (Å²) in [4.78, 5) is 25.7. The molecular formula is C20H30ClN3O3. The standard InChI is InChI=1S/C20H30ClN3O3/c1-13-5-4-6-16-11-15(8-10-24(13)16)22-19(26)17-7-9-20(21,23-14(2)25)12-18(17)27-3/h7,9,12-13,15-17H,4-6,8,10-11H2,1-3H3,(H,22,26)(H,23,25). The third kappa shape index (κ3) is 4.66. The Morgan fingerprint density at radius 2 is 2.11 bits per heavy atom. The fourth-order valence-corrected chi connectivity index (χ4v) is 4.91. The van der Waals surface area contributed by atoms with Crippen LogP contribution in [0.5, 0.6) is 0 Å². The minimum absolute atomic E-state index is 0.0804. The highest BCUT2D eigenvalue weighted by molar-refractivity contribution is 6.27. The fourth-order valence-electron chi connectivity index (χ4n) is 4.60. The summed E-state index contributed by atoms with van der Waals surface area (Å²) in [5.74, 6) is -0.414. The van der Waals surface area contributed by atoms with E-state index in [1.165, 1.54) is 33.3 Å². The van der Waals surface area contributed by atoms with E-state index in [1.54, 1.807) is 18.2 Å². The largest absolute Gasteiger partial charge is 0.500 e. The first-order valence-corrected chi connectivity index (χ1v) is 10.2. The van der Waals surface area contributed by atoms with E-state index in [-0.39, 0.29) is 17.9 Å². The molecular weight excluding hydrogens is 366 g/mol. The van der Waals surface area contributed by atoms with Crippen molar-refractivity contribution in [3.63, 3.8) is 0 Å². The molecule has 0 aromatic carbocycles. The molecule has 5 unspecified atom stereocenters. The lowest BCUT2D eigenvalue weighted by Gasteiger charge is -2.46. The number of rotatable bonds is 4. The fraction of sp³-hybridized carbons (Fsp3) is 0.700. The van der Waals surface area contributed by atoms with Crippen LogP contribution in [0.4, 0.5) is 0 Å². The second kappa shape index (κ2) is 8.23. The Morgan fingerprint density at radius 3 is 2.81 bits per heavy atom. The summed E-state index contributed by atoms with van der Waals surface area (Å²) in [6.07, 6.45) is 10.7. The van der Waals surface area contributed by atoms with E-state index in [4.69, 9.17) is 16.3 Å². The summed E-state index contributed by atoms with van der Waals surface area (Å²) >= 11 is 6.38. The summed E-state index contributed by atoms with van der Waals surface area (Å²) in [5.41, 5.74) is 0. The lowest BCUT2D eigenvalue weighted by atomic mass is 9.86. The van der Waals surface area contributed by atoms with E-state index >= 15 is 0 Å². The van der Waals surface area contributed by atoms with Gasteiger partial charge in [0.1, 0.15) is 11.7 Å². The van der Waals surface area contributed by atoms with Crippen molar-refractivity contribution in [2.45, 2.75) is 69.1 Å². The van der Waals surface area contributed by atoms with E-state index in [9.17, 15) is 9.59 Å². The first-order valence-electron chi connectivity index (χ1n) is 9.81. The molecule has 3 aliphatic rings. The van der Waals surface area contributed by atoms with Gasteiger partial charge in [-0.15, -0.1) is 0 Å². The van der Waals surface area contributed by atoms with Crippen molar-refractivity contribution in [2.75, 3.05) is 13.7 Å². The Labute approximate surface area is 166 Å². The van der Waals surface area contributed by atoms with Gasteiger partial charge in [-0.2, -0.15) is 0 Å². The Kier molecular flexibility index (Phi) is 6.16. The summed E-state index contributed by atoms with van der Waals surface area (Å²) < 4.78 is 5.40. The maximum atomic E-state index is 12.9. The predicted molar refractivity (Wildman–Crippen MR) is 105 cm³/mol. The molecule has 0 aromatic rings. The zero-order chi connectivity index (χ0) is 19.6. The minimum atomic E-state index is -1.16. The molecule has 2 fully saturated rings. The van der Waals surface area contributed by atoms with Crippen LogP contribution in [0, 0.1) is 5.92 Å². The van der Waals surface area contributed by atoms with Crippen molar-refractivity contribution in [1.82, 2.24) is 15.5 Å². The molecule has 2 saturated heterocycles. The minimum Gasteiger partial charge on any atom is -0.500 e.